The van der Waals surface area contributed by atoms with Crippen molar-refractivity contribution in [2.24, 2.45) is 0 Å². The predicted molar refractivity (Wildman–Crippen MR) is 56.4 cm³/mol. The van der Waals surface area contributed by atoms with E-state index in [9.17, 15) is 4.79 Å². The van der Waals surface area contributed by atoms with E-state index in [0.717, 1.165) is 0 Å². The molecule has 16 heavy (non-hydrogen) atoms. The molecule has 5 nitrogen and oxygen atoms in total. The molecule has 0 fully saturated rings. The Hall–Kier alpha value is -1.75. The highest BCUT2D eigenvalue weighted by Crippen LogP contribution is 2.30. The first-order valence-electron chi connectivity index (χ1n) is 4.96. The molecule has 2 rings (SSSR count). The number of methoxy groups -OCH3 is 1. The fourth-order valence-electron chi connectivity index (χ4n) is 1.41. The third-order valence-electron chi connectivity index (χ3n) is 2.19. The number of rotatable bonds is 3. The lowest BCUT2D eigenvalue weighted by molar-refractivity contribution is -0.131. The second-order valence-corrected chi connectivity index (χ2v) is 3.34. The molecule has 1 aromatic carbocycles. The van der Waals surface area contributed by atoms with Crippen molar-refractivity contribution in [3.05, 3.63) is 24.3 Å². The molecule has 0 aliphatic carbocycles. The number of benzene rings is 1. The zero-order valence-electron chi connectivity index (χ0n) is 8.93. The normalized spacial score (nSPS) is 17.9. The van der Waals surface area contributed by atoms with Gasteiger partial charge in [-0.3, -0.25) is 4.79 Å². The second-order valence-electron chi connectivity index (χ2n) is 3.34. The summed E-state index contributed by atoms with van der Waals surface area (Å²) in [5.41, 5.74) is 0. The highest BCUT2D eigenvalue weighted by Gasteiger charge is 2.26. The third kappa shape index (κ3) is 2.25. The fraction of sp³-hybridized carbons (Fsp3) is 0.364. The molecule has 0 spiro atoms. The topological polar surface area (TPSA) is 56.8 Å². The molecule has 1 aliphatic rings. The van der Waals surface area contributed by atoms with Crippen molar-refractivity contribution in [2.45, 2.75) is 6.10 Å². The largest absolute Gasteiger partial charge is 0.485 e. The molecular weight excluding hydrogens is 210 g/mol. The van der Waals surface area contributed by atoms with Gasteiger partial charge in [-0.05, 0) is 12.1 Å². The maximum atomic E-state index is 11.6. The zero-order valence-corrected chi connectivity index (χ0v) is 8.93. The van der Waals surface area contributed by atoms with E-state index in [4.69, 9.17) is 14.2 Å². The molecule has 1 unspecified atom stereocenters. The van der Waals surface area contributed by atoms with Crippen LogP contribution < -0.4 is 14.8 Å². The van der Waals surface area contributed by atoms with Crippen LogP contribution in [-0.2, 0) is 9.53 Å². The molecule has 1 amide bonds. The number of fused-ring (bicyclic) bond motifs is 1. The van der Waals surface area contributed by atoms with Crippen molar-refractivity contribution >= 4 is 5.91 Å². The summed E-state index contributed by atoms with van der Waals surface area (Å²) in [5, 5.41) is 2.57. The average Bonchev–Trinajstić information content (AvgIpc) is 2.35. The standard InChI is InChI=1S/C11H13NO4/c1-14-7-12-11(13)10-6-15-8-4-2-3-5-9(8)16-10/h2-5,10H,6-7H2,1H3,(H,12,13). The first-order valence-corrected chi connectivity index (χ1v) is 4.96. The molecular formula is C11H13NO4. The fourth-order valence-corrected chi connectivity index (χ4v) is 1.41. The summed E-state index contributed by atoms with van der Waals surface area (Å²) < 4.78 is 15.7. The van der Waals surface area contributed by atoms with Gasteiger partial charge in [0.25, 0.3) is 5.91 Å². The van der Waals surface area contributed by atoms with Crippen LogP contribution in [0.4, 0.5) is 0 Å². The molecule has 0 radical (unpaired) electrons. The number of para-hydroxylation sites is 2. The van der Waals surface area contributed by atoms with Gasteiger partial charge >= 0.3 is 0 Å². The first-order chi connectivity index (χ1) is 7.81. The van der Waals surface area contributed by atoms with E-state index < -0.39 is 6.10 Å². The van der Waals surface area contributed by atoms with E-state index in [1.807, 2.05) is 12.1 Å². The first kappa shape index (κ1) is 10.8. The minimum atomic E-state index is -0.620. The SMILES string of the molecule is COCNC(=O)C1COc2ccccc2O1. The molecule has 0 aromatic heterocycles. The summed E-state index contributed by atoms with van der Waals surface area (Å²) in [6.07, 6.45) is -0.620. The Morgan fingerprint density at radius 1 is 1.50 bits per heavy atom. The molecule has 0 saturated heterocycles. The Balaban J connectivity index is 1.99. The van der Waals surface area contributed by atoms with Crippen LogP contribution in [0.1, 0.15) is 0 Å². The van der Waals surface area contributed by atoms with Gasteiger partial charge in [-0.1, -0.05) is 12.1 Å². The van der Waals surface area contributed by atoms with Crippen LogP contribution in [0.25, 0.3) is 0 Å². The summed E-state index contributed by atoms with van der Waals surface area (Å²) in [6.45, 7) is 0.382. The van der Waals surface area contributed by atoms with Crippen LogP contribution in [-0.4, -0.2) is 32.5 Å². The number of nitrogens with one attached hydrogen (secondary N) is 1. The van der Waals surface area contributed by atoms with Crippen LogP contribution in [0, 0.1) is 0 Å². The van der Waals surface area contributed by atoms with Crippen LogP contribution >= 0.6 is 0 Å². The van der Waals surface area contributed by atoms with Crippen molar-refractivity contribution < 1.29 is 19.0 Å². The van der Waals surface area contributed by atoms with Crippen molar-refractivity contribution in [1.82, 2.24) is 5.32 Å². The molecule has 1 aromatic rings. The summed E-state index contributed by atoms with van der Waals surface area (Å²) in [7, 11) is 1.51. The molecule has 1 aliphatic heterocycles. The smallest absolute Gasteiger partial charge is 0.266 e. The van der Waals surface area contributed by atoms with E-state index in [1.165, 1.54) is 7.11 Å². The quantitative estimate of drug-likeness (QED) is 0.760. The van der Waals surface area contributed by atoms with Gasteiger partial charge in [-0.15, -0.1) is 0 Å². The number of carbonyl (C=O) groups is 1. The molecule has 1 N–H and O–H groups in total. The molecule has 86 valence electrons. The number of carbonyl (C=O) groups excluding carboxylic acids is 1. The number of hydrogen-bond acceptors (Lipinski definition) is 4. The molecule has 5 heteroatoms. The Morgan fingerprint density at radius 2 is 2.25 bits per heavy atom. The van der Waals surface area contributed by atoms with E-state index in [1.54, 1.807) is 12.1 Å². The van der Waals surface area contributed by atoms with Crippen LogP contribution in [0.15, 0.2) is 24.3 Å². The van der Waals surface area contributed by atoms with Gasteiger partial charge in [-0.2, -0.15) is 0 Å². The highest BCUT2D eigenvalue weighted by molar-refractivity contribution is 5.81. The summed E-state index contributed by atoms with van der Waals surface area (Å²) >= 11 is 0. The Bertz CT molecular complexity index is 380. The minimum Gasteiger partial charge on any atom is -0.485 e. The number of amides is 1. The number of hydrogen-bond donors (Lipinski definition) is 1. The Kier molecular flexibility index (Phi) is 3.26. The van der Waals surface area contributed by atoms with Crippen molar-refractivity contribution in [3.8, 4) is 11.5 Å². The lowest BCUT2D eigenvalue weighted by Gasteiger charge is -2.25. The zero-order chi connectivity index (χ0) is 11.4. The monoisotopic (exact) mass is 223 g/mol. The molecule has 1 heterocycles. The lowest BCUT2D eigenvalue weighted by atomic mass is 10.2. The minimum absolute atomic E-state index is 0.167. The van der Waals surface area contributed by atoms with Gasteiger partial charge in [0.15, 0.2) is 11.5 Å². The maximum absolute atomic E-state index is 11.6. The van der Waals surface area contributed by atoms with Gasteiger partial charge in [0.1, 0.15) is 13.3 Å². The van der Waals surface area contributed by atoms with Crippen molar-refractivity contribution in [1.29, 1.82) is 0 Å². The van der Waals surface area contributed by atoms with Gasteiger partial charge in [0, 0.05) is 7.11 Å². The second kappa shape index (κ2) is 4.85. The average molecular weight is 223 g/mol. The third-order valence-corrected chi connectivity index (χ3v) is 2.19. The highest BCUT2D eigenvalue weighted by atomic mass is 16.6. The van der Waals surface area contributed by atoms with E-state index in [2.05, 4.69) is 5.32 Å². The van der Waals surface area contributed by atoms with Gasteiger partial charge in [-0.25, -0.2) is 0 Å². The summed E-state index contributed by atoms with van der Waals surface area (Å²) in [5.74, 6) is 1.01. The Morgan fingerprint density at radius 3 is 3.00 bits per heavy atom. The van der Waals surface area contributed by atoms with Gasteiger partial charge < -0.3 is 19.5 Å². The predicted octanol–water partition coefficient (Wildman–Crippen LogP) is 0.546. The molecule has 0 saturated carbocycles. The molecule has 0 bridgehead atoms. The lowest BCUT2D eigenvalue weighted by Crippen LogP contribution is -2.44. The maximum Gasteiger partial charge on any atom is 0.266 e. The Labute approximate surface area is 93.3 Å². The van der Waals surface area contributed by atoms with Crippen LogP contribution in [0.5, 0.6) is 11.5 Å². The van der Waals surface area contributed by atoms with E-state index in [0.29, 0.717) is 11.5 Å². The van der Waals surface area contributed by atoms with E-state index >= 15 is 0 Å². The van der Waals surface area contributed by atoms with Crippen molar-refractivity contribution in [3.63, 3.8) is 0 Å². The molecule has 1 atom stereocenters. The van der Waals surface area contributed by atoms with Crippen molar-refractivity contribution in [2.75, 3.05) is 20.4 Å². The van der Waals surface area contributed by atoms with Gasteiger partial charge in [0.05, 0.1) is 0 Å². The van der Waals surface area contributed by atoms with Gasteiger partial charge in [0.2, 0.25) is 6.10 Å². The van der Waals surface area contributed by atoms with Crippen LogP contribution in [0.2, 0.25) is 0 Å². The number of ether oxygens (including phenoxy) is 3. The van der Waals surface area contributed by atoms with E-state index in [-0.39, 0.29) is 19.2 Å². The summed E-state index contributed by atoms with van der Waals surface area (Å²) in [4.78, 5) is 11.6. The van der Waals surface area contributed by atoms with Crippen LogP contribution in [0.3, 0.4) is 0 Å². The summed E-state index contributed by atoms with van der Waals surface area (Å²) in [6, 6.07) is 7.26.